The third-order valence-corrected chi connectivity index (χ3v) is 10.1. The Kier molecular flexibility index (Phi) is 10.1. The van der Waals surface area contributed by atoms with Crippen molar-refractivity contribution >= 4 is 63.8 Å². The number of nitrogens with zero attached hydrogens (tertiary/aromatic N) is 2. The van der Waals surface area contributed by atoms with Gasteiger partial charge in [-0.05, 0) is 78.8 Å². The van der Waals surface area contributed by atoms with Crippen molar-refractivity contribution in [2.75, 3.05) is 26.3 Å². The molecule has 11 heteroatoms. The third kappa shape index (κ3) is 7.29. The summed E-state index contributed by atoms with van der Waals surface area (Å²) in [5, 5.41) is 5.48. The van der Waals surface area contributed by atoms with Crippen LogP contribution in [0, 0.1) is 6.92 Å². The van der Waals surface area contributed by atoms with E-state index in [2.05, 4.69) is 5.32 Å². The topological polar surface area (TPSA) is 71.1 Å². The van der Waals surface area contributed by atoms with Crippen LogP contribution >= 0.6 is 46.4 Å². The molecular formula is C35H35Cl4N3O4. The first kappa shape index (κ1) is 33.0. The molecule has 2 atom stereocenters. The Hall–Kier alpha value is -2.94. The minimum atomic E-state index is -0.288. The van der Waals surface area contributed by atoms with Crippen molar-refractivity contribution in [1.82, 2.24) is 15.1 Å². The summed E-state index contributed by atoms with van der Waals surface area (Å²) >= 11 is 25.5. The van der Waals surface area contributed by atoms with E-state index in [1.807, 2.05) is 53.1 Å². The van der Waals surface area contributed by atoms with Crippen molar-refractivity contribution in [1.29, 1.82) is 0 Å². The predicted octanol–water partition coefficient (Wildman–Crippen LogP) is 7.60. The number of benzene rings is 3. The first-order chi connectivity index (χ1) is 22.1. The van der Waals surface area contributed by atoms with Crippen molar-refractivity contribution in [3.05, 3.63) is 97.0 Å². The Labute approximate surface area is 289 Å². The quantitative estimate of drug-likeness (QED) is 0.220. The Bertz CT molecular complexity index is 1650. The molecule has 2 fully saturated rings. The van der Waals surface area contributed by atoms with Crippen LogP contribution < -0.4 is 14.8 Å². The number of hydrogen-bond acceptors (Lipinski definition) is 5. The number of halogens is 4. The maximum absolute atomic E-state index is 14.6. The molecule has 1 N–H and O–H groups in total. The van der Waals surface area contributed by atoms with Gasteiger partial charge in [0.2, 0.25) is 5.91 Å². The van der Waals surface area contributed by atoms with Gasteiger partial charge in [0.15, 0.2) is 5.75 Å². The van der Waals surface area contributed by atoms with Gasteiger partial charge in [-0.1, -0.05) is 70.7 Å². The molecular weight excluding hydrogens is 668 g/mol. The Balaban J connectivity index is 1.23. The average Bonchev–Trinajstić information content (AvgIpc) is 3.86. The lowest BCUT2D eigenvalue weighted by molar-refractivity contribution is -0.132. The molecule has 3 aromatic carbocycles. The van der Waals surface area contributed by atoms with E-state index in [0.29, 0.717) is 69.8 Å². The second-order valence-corrected chi connectivity index (χ2v) is 13.7. The maximum Gasteiger partial charge on any atom is 0.252 e. The Morgan fingerprint density at radius 2 is 1.63 bits per heavy atom. The number of ether oxygens (including phenoxy) is 2. The van der Waals surface area contributed by atoms with Gasteiger partial charge in [0.05, 0.1) is 26.1 Å². The third-order valence-electron chi connectivity index (χ3n) is 8.65. The van der Waals surface area contributed by atoms with E-state index in [-0.39, 0.29) is 36.5 Å². The molecule has 3 aromatic rings. The molecule has 1 saturated heterocycles. The fraction of sp³-hybridized carbons (Fsp3) is 0.371. The fourth-order valence-corrected chi connectivity index (χ4v) is 7.35. The molecule has 1 saturated carbocycles. The number of fused-ring (bicyclic) bond motifs is 2. The number of carbonyl (C=O) groups excluding carboxylic acids is 2. The summed E-state index contributed by atoms with van der Waals surface area (Å²) in [6.45, 7) is 5.45. The van der Waals surface area contributed by atoms with Gasteiger partial charge < -0.3 is 24.6 Å². The summed E-state index contributed by atoms with van der Waals surface area (Å²) in [6, 6.07) is 16.8. The van der Waals surface area contributed by atoms with Crippen molar-refractivity contribution in [2.24, 2.45) is 0 Å². The number of rotatable bonds is 10. The highest BCUT2D eigenvalue weighted by molar-refractivity contribution is 6.42. The van der Waals surface area contributed by atoms with Crippen LogP contribution in [0.25, 0.3) is 5.57 Å². The first-order valence-corrected chi connectivity index (χ1v) is 16.9. The van der Waals surface area contributed by atoms with E-state index in [4.69, 9.17) is 55.9 Å². The molecule has 2 unspecified atom stereocenters. The molecule has 0 radical (unpaired) electrons. The fourth-order valence-electron chi connectivity index (χ4n) is 6.27. The molecule has 1 aliphatic carbocycles. The first-order valence-electron chi connectivity index (χ1n) is 15.4. The van der Waals surface area contributed by atoms with Crippen LogP contribution in [0.3, 0.4) is 0 Å². The summed E-state index contributed by atoms with van der Waals surface area (Å²) in [5.41, 5.74) is 4.40. The summed E-state index contributed by atoms with van der Waals surface area (Å²) in [6.07, 6.45) is 2.49. The lowest BCUT2D eigenvalue weighted by atomic mass is 9.82. The molecule has 6 rings (SSSR count). The molecule has 2 bridgehead atoms. The van der Waals surface area contributed by atoms with Crippen molar-refractivity contribution in [2.45, 2.75) is 57.8 Å². The van der Waals surface area contributed by atoms with Crippen LogP contribution in [-0.4, -0.2) is 66.0 Å². The van der Waals surface area contributed by atoms with Crippen LogP contribution in [0.5, 0.6) is 11.5 Å². The number of piperazine rings is 1. The zero-order valence-corrected chi connectivity index (χ0v) is 28.6. The number of hydrogen-bond donors (Lipinski definition) is 1. The minimum absolute atomic E-state index is 0.00825. The zero-order valence-electron chi connectivity index (χ0n) is 25.6. The average molecular weight is 703 g/mol. The normalized spacial score (nSPS) is 19.2. The number of aryl methyl sites for hydroxylation is 1. The molecule has 2 amide bonds. The van der Waals surface area contributed by atoms with Crippen molar-refractivity contribution in [3.63, 3.8) is 0 Å². The SMILES string of the molecule is CC(=O)N1CC2CC(c3ccc(OCCOc4c(Cl)cc(C)cc4Cl)cc3)=C(C(=O)N(Cc3cccc(Cl)c3Cl)C3CC3)C(C1)N2. The molecule has 2 heterocycles. The highest BCUT2D eigenvalue weighted by Gasteiger charge is 2.43. The minimum Gasteiger partial charge on any atom is -0.490 e. The van der Waals surface area contributed by atoms with Crippen LogP contribution in [0.1, 0.15) is 42.9 Å². The predicted molar refractivity (Wildman–Crippen MR) is 183 cm³/mol. The summed E-state index contributed by atoms with van der Waals surface area (Å²) in [4.78, 5) is 30.7. The molecule has 2 aliphatic heterocycles. The van der Waals surface area contributed by atoms with Gasteiger partial charge >= 0.3 is 0 Å². The smallest absolute Gasteiger partial charge is 0.252 e. The number of amides is 2. The van der Waals surface area contributed by atoms with E-state index < -0.39 is 0 Å². The monoisotopic (exact) mass is 701 g/mol. The molecule has 242 valence electrons. The van der Waals surface area contributed by atoms with E-state index in [1.54, 1.807) is 25.1 Å². The summed E-state index contributed by atoms with van der Waals surface area (Å²) in [7, 11) is 0. The Morgan fingerprint density at radius 3 is 2.30 bits per heavy atom. The summed E-state index contributed by atoms with van der Waals surface area (Å²) < 4.78 is 11.7. The highest BCUT2D eigenvalue weighted by atomic mass is 35.5. The molecule has 7 nitrogen and oxygen atoms in total. The van der Waals surface area contributed by atoms with Gasteiger partial charge in [-0.2, -0.15) is 0 Å². The second-order valence-electron chi connectivity index (χ2n) is 12.1. The lowest BCUT2D eigenvalue weighted by Gasteiger charge is -2.44. The summed E-state index contributed by atoms with van der Waals surface area (Å²) in [5.74, 6) is 1.08. The largest absolute Gasteiger partial charge is 0.490 e. The van der Waals surface area contributed by atoms with E-state index in [0.717, 1.165) is 35.1 Å². The van der Waals surface area contributed by atoms with Gasteiger partial charge in [-0.3, -0.25) is 9.59 Å². The van der Waals surface area contributed by atoms with Crippen molar-refractivity contribution < 1.29 is 19.1 Å². The Morgan fingerprint density at radius 1 is 0.935 bits per heavy atom. The highest BCUT2D eigenvalue weighted by Crippen LogP contribution is 2.39. The van der Waals surface area contributed by atoms with Gasteiger partial charge in [0.1, 0.15) is 19.0 Å². The zero-order chi connectivity index (χ0) is 32.5. The lowest BCUT2D eigenvalue weighted by Crippen LogP contribution is -2.61. The van der Waals surface area contributed by atoms with E-state index in [9.17, 15) is 9.59 Å². The van der Waals surface area contributed by atoms with Crippen LogP contribution in [0.4, 0.5) is 0 Å². The standard InChI is InChI=1S/C35H35Cl4N3O4/c1-20-14-29(37)34(30(38)15-20)46-13-12-45-26-10-6-22(7-11-26)27-16-24-18-41(21(2)43)19-31(40-24)32(27)35(44)42(25-8-9-25)17-23-4-3-5-28(36)33(23)39/h3-7,10-11,14-15,24-25,31,40H,8-9,12-13,16-19H2,1-2H3. The van der Waals surface area contributed by atoms with Crippen LogP contribution in [0.15, 0.2) is 60.2 Å². The van der Waals surface area contributed by atoms with Gasteiger partial charge in [0.25, 0.3) is 5.91 Å². The number of carbonyl (C=O) groups is 2. The number of nitrogens with one attached hydrogen (secondary N) is 1. The van der Waals surface area contributed by atoms with E-state index in [1.165, 1.54) is 0 Å². The van der Waals surface area contributed by atoms with Crippen molar-refractivity contribution in [3.8, 4) is 11.5 Å². The van der Waals surface area contributed by atoms with Gasteiger partial charge in [0, 0.05) is 44.2 Å². The van der Waals surface area contributed by atoms with Gasteiger partial charge in [-0.25, -0.2) is 0 Å². The van der Waals surface area contributed by atoms with Crippen LogP contribution in [0.2, 0.25) is 20.1 Å². The second kappa shape index (κ2) is 14.0. The molecule has 3 aliphatic rings. The van der Waals surface area contributed by atoms with E-state index >= 15 is 0 Å². The molecule has 0 spiro atoms. The molecule has 46 heavy (non-hydrogen) atoms. The molecule has 0 aromatic heterocycles. The maximum atomic E-state index is 14.6. The van der Waals surface area contributed by atoms with Crippen LogP contribution in [-0.2, 0) is 16.1 Å². The van der Waals surface area contributed by atoms with Gasteiger partial charge in [-0.15, -0.1) is 0 Å².